The quantitative estimate of drug-likeness (QED) is 0.719. The molecule has 86 valence electrons. The molecule has 0 saturated carbocycles. The van der Waals surface area contributed by atoms with E-state index in [-0.39, 0.29) is 12.0 Å². The van der Waals surface area contributed by atoms with Crippen LogP contribution in [0.25, 0.3) is 0 Å². The number of nitrogens with one attached hydrogen (secondary N) is 1. The van der Waals surface area contributed by atoms with Crippen LogP contribution >= 0.6 is 0 Å². The summed E-state index contributed by atoms with van der Waals surface area (Å²) in [4.78, 5) is 13.9. The zero-order valence-corrected chi connectivity index (χ0v) is 9.37. The molecule has 15 heavy (non-hydrogen) atoms. The minimum atomic E-state index is -0.162. The molecule has 2 fully saturated rings. The average Bonchev–Trinajstić information content (AvgIpc) is 2.82. The highest BCUT2D eigenvalue weighted by Gasteiger charge is 2.30. The van der Waals surface area contributed by atoms with E-state index >= 15 is 0 Å². The molecular formula is C11H20N2O2. The van der Waals surface area contributed by atoms with E-state index in [1.807, 2.05) is 11.9 Å². The molecule has 0 aromatic heterocycles. The molecule has 0 aromatic rings. The van der Waals surface area contributed by atoms with Crippen molar-refractivity contribution in [2.24, 2.45) is 0 Å². The fourth-order valence-corrected chi connectivity index (χ4v) is 2.37. The van der Waals surface area contributed by atoms with Crippen molar-refractivity contribution in [3.63, 3.8) is 0 Å². The van der Waals surface area contributed by atoms with Crippen molar-refractivity contribution in [1.82, 2.24) is 10.2 Å². The van der Waals surface area contributed by atoms with Crippen molar-refractivity contribution < 1.29 is 9.53 Å². The molecule has 0 radical (unpaired) electrons. The zero-order valence-electron chi connectivity index (χ0n) is 9.37. The number of hydrogen-bond acceptors (Lipinski definition) is 3. The summed E-state index contributed by atoms with van der Waals surface area (Å²) in [6.07, 6.45) is 3.89. The van der Waals surface area contributed by atoms with Crippen molar-refractivity contribution >= 4 is 5.91 Å². The second kappa shape index (κ2) is 4.94. The highest BCUT2D eigenvalue weighted by molar-refractivity contribution is 5.81. The van der Waals surface area contributed by atoms with E-state index in [2.05, 4.69) is 5.32 Å². The highest BCUT2D eigenvalue weighted by Crippen LogP contribution is 2.18. The summed E-state index contributed by atoms with van der Waals surface area (Å²) in [5.74, 6) is 0.180. The molecule has 0 aliphatic carbocycles. The van der Waals surface area contributed by atoms with E-state index in [1.165, 1.54) is 0 Å². The molecule has 0 aromatic carbocycles. The lowest BCUT2D eigenvalue weighted by Gasteiger charge is -2.33. The van der Waals surface area contributed by atoms with Crippen LogP contribution in [0, 0.1) is 0 Å². The summed E-state index contributed by atoms with van der Waals surface area (Å²) in [5.41, 5.74) is 0. The average molecular weight is 212 g/mol. The number of likely N-dealkylation sites (N-methyl/N-ethyl adjacent to an activating group) is 1. The van der Waals surface area contributed by atoms with Crippen LogP contribution in [0.3, 0.4) is 0 Å². The third kappa shape index (κ3) is 2.49. The molecule has 2 rings (SSSR count). The molecular weight excluding hydrogens is 192 g/mol. The maximum atomic E-state index is 12.0. The standard InChI is InChI=1S/C11H20N2O2/c1-13(9-4-6-12-7-5-9)11(14)10-3-2-8-15-10/h9-10,12H,2-8H2,1H3. The molecule has 1 amide bonds. The van der Waals surface area contributed by atoms with E-state index in [4.69, 9.17) is 4.74 Å². The maximum absolute atomic E-state index is 12.0. The first kappa shape index (κ1) is 10.9. The summed E-state index contributed by atoms with van der Waals surface area (Å²) in [5, 5.41) is 3.31. The highest BCUT2D eigenvalue weighted by atomic mass is 16.5. The second-order valence-electron chi connectivity index (χ2n) is 4.43. The predicted molar refractivity (Wildman–Crippen MR) is 57.6 cm³/mol. The van der Waals surface area contributed by atoms with Crippen LogP contribution in [-0.4, -0.2) is 49.7 Å². The number of piperidine rings is 1. The minimum Gasteiger partial charge on any atom is -0.368 e. The van der Waals surface area contributed by atoms with Crippen LogP contribution in [0.5, 0.6) is 0 Å². The molecule has 1 atom stereocenters. The number of nitrogens with zero attached hydrogens (tertiary/aromatic N) is 1. The smallest absolute Gasteiger partial charge is 0.251 e. The van der Waals surface area contributed by atoms with Gasteiger partial charge < -0.3 is 15.0 Å². The number of amides is 1. The van der Waals surface area contributed by atoms with Gasteiger partial charge in [0, 0.05) is 19.7 Å². The van der Waals surface area contributed by atoms with Gasteiger partial charge in [0.15, 0.2) is 0 Å². The number of ether oxygens (including phenoxy) is 1. The lowest BCUT2D eigenvalue weighted by atomic mass is 10.0. The minimum absolute atomic E-state index is 0.162. The predicted octanol–water partition coefficient (Wildman–Crippen LogP) is 0.376. The van der Waals surface area contributed by atoms with E-state index in [0.29, 0.717) is 6.04 Å². The Kier molecular flexibility index (Phi) is 3.59. The van der Waals surface area contributed by atoms with Crippen LogP contribution in [0.15, 0.2) is 0 Å². The van der Waals surface area contributed by atoms with Crippen LogP contribution in [0.1, 0.15) is 25.7 Å². The van der Waals surface area contributed by atoms with Crippen LogP contribution in [0.2, 0.25) is 0 Å². The van der Waals surface area contributed by atoms with Gasteiger partial charge in [-0.25, -0.2) is 0 Å². The van der Waals surface area contributed by atoms with E-state index in [0.717, 1.165) is 45.4 Å². The van der Waals surface area contributed by atoms with E-state index in [1.54, 1.807) is 0 Å². The monoisotopic (exact) mass is 212 g/mol. The lowest BCUT2D eigenvalue weighted by molar-refractivity contribution is -0.142. The van der Waals surface area contributed by atoms with Gasteiger partial charge in [0.1, 0.15) is 6.10 Å². The Labute approximate surface area is 91.0 Å². The van der Waals surface area contributed by atoms with Gasteiger partial charge >= 0.3 is 0 Å². The Morgan fingerprint density at radius 2 is 2.07 bits per heavy atom. The summed E-state index contributed by atoms with van der Waals surface area (Å²) in [7, 11) is 1.92. The van der Waals surface area contributed by atoms with E-state index < -0.39 is 0 Å². The van der Waals surface area contributed by atoms with Crippen LogP contribution in [-0.2, 0) is 9.53 Å². The Morgan fingerprint density at radius 1 is 1.33 bits per heavy atom. The first-order chi connectivity index (χ1) is 7.29. The van der Waals surface area contributed by atoms with Crippen LogP contribution < -0.4 is 5.32 Å². The van der Waals surface area contributed by atoms with Crippen molar-refractivity contribution in [2.45, 2.75) is 37.8 Å². The van der Waals surface area contributed by atoms with Crippen molar-refractivity contribution in [3.8, 4) is 0 Å². The molecule has 1 N–H and O–H groups in total. The molecule has 0 spiro atoms. The lowest BCUT2D eigenvalue weighted by Crippen LogP contribution is -2.47. The third-order valence-electron chi connectivity index (χ3n) is 3.41. The number of carbonyl (C=O) groups excluding carboxylic acids is 1. The zero-order chi connectivity index (χ0) is 10.7. The van der Waals surface area contributed by atoms with Crippen molar-refractivity contribution in [1.29, 1.82) is 0 Å². The van der Waals surface area contributed by atoms with Gasteiger partial charge in [-0.3, -0.25) is 4.79 Å². The summed E-state index contributed by atoms with van der Waals surface area (Å²) >= 11 is 0. The topological polar surface area (TPSA) is 41.6 Å². The van der Waals surface area contributed by atoms with Gasteiger partial charge in [-0.05, 0) is 38.8 Å². The molecule has 2 heterocycles. The van der Waals surface area contributed by atoms with Gasteiger partial charge in [0.05, 0.1) is 0 Å². The number of rotatable bonds is 2. The van der Waals surface area contributed by atoms with Gasteiger partial charge in [-0.2, -0.15) is 0 Å². The summed E-state index contributed by atoms with van der Waals surface area (Å²) in [6, 6.07) is 0.406. The fourth-order valence-electron chi connectivity index (χ4n) is 2.37. The fraction of sp³-hybridized carbons (Fsp3) is 0.909. The Morgan fingerprint density at radius 3 is 2.67 bits per heavy atom. The molecule has 1 unspecified atom stereocenters. The Bertz CT molecular complexity index is 221. The Balaban J connectivity index is 1.87. The molecule has 2 saturated heterocycles. The number of hydrogen-bond donors (Lipinski definition) is 1. The van der Waals surface area contributed by atoms with Crippen molar-refractivity contribution in [2.75, 3.05) is 26.7 Å². The normalized spacial score (nSPS) is 27.9. The summed E-state index contributed by atoms with van der Waals surface area (Å²) in [6.45, 7) is 2.79. The van der Waals surface area contributed by atoms with Gasteiger partial charge in [0.25, 0.3) is 5.91 Å². The molecule has 4 heteroatoms. The number of carbonyl (C=O) groups is 1. The van der Waals surface area contributed by atoms with E-state index in [9.17, 15) is 4.79 Å². The first-order valence-electron chi connectivity index (χ1n) is 5.88. The third-order valence-corrected chi connectivity index (χ3v) is 3.41. The van der Waals surface area contributed by atoms with Crippen molar-refractivity contribution in [3.05, 3.63) is 0 Å². The molecule has 4 nitrogen and oxygen atoms in total. The first-order valence-corrected chi connectivity index (χ1v) is 5.88. The maximum Gasteiger partial charge on any atom is 0.251 e. The van der Waals surface area contributed by atoms with Crippen LogP contribution in [0.4, 0.5) is 0 Å². The summed E-state index contributed by atoms with van der Waals surface area (Å²) < 4.78 is 5.42. The SMILES string of the molecule is CN(C(=O)C1CCCO1)C1CCNCC1. The largest absolute Gasteiger partial charge is 0.368 e. The second-order valence-corrected chi connectivity index (χ2v) is 4.43. The van der Waals surface area contributed by atoms with Gasteiger partial charge in [0.2, 0.25) is 0 Å². The molecule has 0 bridgehead atoms. The van der Waals surface area contributed by atoms with Gasteiger partial charge in [-0.1, -0.05) is 0 Å². The molecule has 2 aliphatic heterocycles. The molecule has 2 aliphatic rings. The Hall–Kier alpha value is -0.610. The van der Waals surface area contributed by atoms with Gasteiger partial charge in [-0.15, -0.1) is 0 Å².